The van der Waals surface area contributed by atoms with Crippen molar-refractivity contribution in [1.29, 1.82) is 0 Å². The fraction of sp³-hybridized carbons (Fsp3) is 0.750. The van der Waals surface area contributed by atoms with E-state index in [1.807, 2.05) is 54.5 Å². The Morgan fingerprint density at radius 3 is 1.79 bits per heavy atom. The smallest absolute Gasteiger partial charge is 0.178 e. The zero-order valence-corrected chi connectivity index (χ0v) is 28.8. The summed E-state index contributed by atoms with van der Waals surface area (Å²) < 4.78 is 45.0. The molecule has 4 rings (SSSR count). The second kappa shape index (κ2) is 27.2. The molecule has 3 N–H and O–H groups in total. The molecular formula is C32H62O9S. The zero-order chi connectivity index (χ0) is 33.2. The lowest BCUT2D eigenvalue weighted by Gasteiger charge is -2.27. The molecule has 0 spiro atoms. The normalized spacial score (nSPS) is 23.6. The fourth-order valence-corrected chi connectivity index (χ4v) is 5.38. The highest BCUT2D eigenvalue weighted by molar-refractivity contribution is 7.91. The number of rotatable bonds is 4. The van der Waals surface area contributed by atoms with Gasteiger partial charge in [-0.15, -0.1) is 0 Å². The topological polar surface area (TPSA) is 132 Å². The summed E-state index contributed by atoms with van der Waals surface area (Å²) in [4.78, 5) is 0.414. The standard InChI is InChI=1S/C11H14O3S.C8H14O.C6H12O2.C2H6O2.2C2H6.CH4O/c12-15(13,9-10-6-7-14-8-10)11-4-2-1-3-5-11;1-6-4-5-9-8(3)7(6)2;1-5-4-7-6(2,3)8-5;3-1-2-4;3*1-2/h1-5,10H,6-9H2;6,8H,2,4-5H2,1,3H3;5H,4H2,1-3H3;3-4H,1-2H2;2*1-2H3;2H,1H3/t;6-,8+;;;;;/m.1...../s1. The molecule has 0 aliphatic carbocycles. The molecule has 10 heteroatoms. The van der Waals surface area contributed by atoms with E-state index in [0.29, 0.717) is 24.0 Å². The monoisotopic (exact) mass is 622 g/mol. The van der Waals surface area contributed by atoms with Crippen molar-refractivity contribution in [2.45, 2.75) is 98.0 Å². The van der Waals surface area contributed by atoms with E-state index in [9.17, 15) is 8.42 Å². The highest BCUT2D eigenvalue weighted by atomic mass is 32.2. The lowest BCUT2D eigenvalue weighted by Crippen LogP contribution is -2.23. The van der Waals surface area contributed by atoms with Crippen molar-refractivity contribution in [3.63, 3.8) is 0 Å². The molecule has 0 bridgehead atoms. The highest BCUT2D eigenvalue weighted by Crippen LogP contribution is 2.23. The minimum Gasteiger partial charge on any atom is -0.400 e. The molecule has 0 saturated carbocycles. The number of hydrogen-bond acceptors (Lipinski definition) is 9. The summed E-state index contributed by atoms with van der Waals surface area (Å²) in [7, 11) is -2.12. The average Bonchev–Trinajstić information content (AvgIpc) is 3.63. The molecule has 0 amide bonds. The van der Waals surface area contributed by atoms with Crippen LogP contribution in [0.2, 0.25) is 0 Å². The minimum absolute atomic E-state index is 0.125. The summed E-state index contributed by atoms with van der Waals surface area (Å²) in [6.45, 7) is 24.7. The van der Waals surface area contributed by atoms with Crippen LogP contribution in [0, 0.1) is 11.8 Å². The second-order valence-electron chi connectivity index (χ2n) is 9.69. The Labute approximate surface area is 257 Å². The van der Waals surface area contributed by atoms with Crippen molar-refractivity contribution in [3.05, 3.63) is 42.5 Å². The number of sulfone groups is 1. The third-order valence-corrected chi connectivity index (χ3v) is 7.81. The minimum atomic E-state index is -3.12. The quantitative estimate of drug-likeness (QED) is 0.384. The van der Waals surface area contributed by atoms with Crippen molar-refractivity contribution >= 4 is 9.84 Å². The van der Waals surface area contributed by atoms with Crippen LogP contribution in [0.15, 0.2) is 47.4 Å². The predicted octanol–water partition coefficient (Wildman–Crippen LogP) is 5.27. The lowest BCUT2D eigenvalue weighted by molar-refractivity contribution is -0.136. The van der Waals surface area contributed by atoms with E-state index in [2.05, 4.69) is 20.4 Å². The lowest BCUT2D eigenvalue weighted by atomic mass is 9.93. The molecule has 1 aromatic rings. The number of hydrogen-bond donors (Lipinski definition) is 3. The summed E-state index contributed by atoms with van der Waals surface area (Å²) in [5, 5.41) is 22.2. The van der Waals surface area contributed by atoms with Crippen molar-refractivity contribution in [3.8, 4) is 0 Å². The van der Waals surface area contributed by atoms with E-state index >= 15 is 0 Å². The van der Waals surface area contributed by atoms with Gasteiger partial charge in [0.05, 0.1) is 49.3 Å². The number of ether oxygens (including phenoxy) is 4. The summed E-state index contributed by atoms with van der Waals surface area (Å²) in [5.74, 6) is 0.695. The zero-order valence-electron chi connectivity index (χ0n) is 28.0. The Hall–Kier alpha value is -1.37. The van der Waals surface area contributed by atoms with Crippen molar-refractivity contribution in [2.24, 2.45) is 11.8 Å². The van der Waals surface area contributed by atoms with Crippen LogP contribution in [-0.4, -0.2) is 94.2 Å². The predicted molar refractivity (Wildman–Crippen MR) is 171 cm³/mol. The van der Waals surface area contributed by atoms with Gasteiger partial charge in [0, 0.05) is 20.3 Å². The van der Waals surface area contributed by atoms with Crippen LogP contribution in [0.5, 0.6) is 0 Å². The molecule has 9 nitrogen and oxygen atoms in total. The second-order valence-corrected chi connectivity index (χ2v) is 11.7. The number of aliphatic hydroxyl groups excluding tert-OH is 3. The van der Waals surface area contributed by atoms with Gasteiger partial charge in [0.2, 0.25) is 0 Å². The van der Waals surface area contributed by atoms with Gasteiger partial charge in [-0.3, -0.25) is 0 Å². The maximum Gasteiger partial charge on any atom is 0.178 e. The van der Waals surface area contributed by atoms with Crippen LogP contribution in [0.1, 0.15) is 75.2 Å². The van der Waals surface area contributed by atoms with E-state index < -0.39 is 9.84 Å². The van der Waals surface area contributed by atoms with Gasteiger partial charge in [0.25, 0.3) is 0 Å². The molecule has 0 aromatic heterocycles. The van der Waals surface area contributed by atoms with Crippen LogP contribution >= 0.6 is 0 Å². The molecule has 3 heterocycles. The molecule has 42 heavy (non-hydrogen) atoms. The third-order valence-electron chi connectivity index (χ3n) is 5.91. The van der Waals surface area contributed by atoms with E-state index in [1.54, 1.807) is 24.3 Å². The molecule has 1 aromatic carbocycles. The molecule has 3 saturated heterocycles. The molecule has 250 valence electrons. The van der Waals surface area contributed by atoms with E-state index in [0.717, 1.165) is 33.2 Å². The van der Waals surface area contributed by atoms with Crippen molar-refractivity contribution in [2.75, 3.05) is 52.5 Å². The SMILES string of the molecule is C=C1[C@H](C)CCO[C@H]1C.CC.CC.CC1COC(C)(C)O1.CO.O=S(=O)(CC1CCOC1)c1ccccc1.OCCO. The first kappa shape index (κ1) is 45.1. The molecule has 3 fully saturated rings. The summed E-state index contributed by atoms with van der Waals surface area (Å²) in [6.07, 6.45) is 2.55. The van der Waals surface area contributed by atoms with E-state index in [4.69, 9.17) is 34.3 Å². The summed E-state index contributed by atoms with van der Waals surface area (Å²) >= 11 is 0. The Kier molecular flexibility index (Phi) is 29.2. The Morgan fingerprint density at radius 1 is 0.905 bits per heavy atom. The summed E-state index contributed by atoms with van der Waals surface area (Å²) in [5.41, 5.74) is 1.25. The van der Waals surface area contributed by atoms with E-state index in [-0.39, 0.29) is 42.9 Å². The Bertz CT molecular complexity index is 825. The largest absolute Gasteiger partial charge is 0.400 e. The van der Waals surface area contributed by atoms with Crippen LogP contribution in [-0.2, 0) is 28.8 Å². The van der Waals surface area contributed by atoms with Crippen LogP contribution in [0.3, 0.4) is 0 Å². The highest BCUT2D eigenvalue weighted by Gasteiger charge is 2.29. The van der Waals surface area contributed by atoms with Crippen molar-refractivity contribution < 1.29 is 42.7 Å². The van der Waals surface area contributed by atoms with Crippen molar-refractivity contribution in [1.82, 2.24) is 0 Å². The van der Waals surface area contributed by atoms with Crippen LogP contribution < -0.4 is 0 Å². The van der Waals surface area contributed by atoms with Gasteiger partial charge in [0.1, 0.15) is 0 Å². The van der Waals surface area contributed by atoms with Gasteiger partial charge in [-0.05, 0) is 70.1 Å². The molecule has 0 radical (unpaired) electrons. The molecular weight excluding hydrogens is 560 g/mol. The molecule has 4 atom stereocenters. The Morgan fingerprint density at radius 2 is 1.45 bits per heavy atom. The first-order chi connectivity index (χ1) is 19.9. The molecule has 3 aliphatic heterocycles. The van der Waals surface area contributed by atoms with Gasteiger partial charge in [-0.2, -0.15) is 0 Å². The third kappa shape index (κ3) is 21.3. The van der Waals surface area contributed by atoms with Crippen LogP contribution in [0.4, 0.5) is 0 Å². The van der Waals surface area contributed by atoms with Gasteiger partial charge in [-0.1, -0.05) is 59.4 Å². The maximum absolute atomic E-state index is 11.9. The van der Waals surface area contributed by atoms with Gasteiger partial charge < -0.3 is 34.3 Å². The average molecular weight is 623 g/mol. The molecule has 3 aliphatic rings. The van der Waals surface area contributed by atoms with Gasteiger partial charge in [0.15, 0.2) is 15.6 Å². The maximum atomic E-state index is 11.9. The van der Waals surface area contributed by atoms with E-state index in [1.165, 1.54) is 5.57 Å². The summed E-state index contributed by atoms with van der Waals surface area (Å²) in [6, 6.07) is 8.60. The van der Waals surface area contributed by atoms with Gasteiger partial charge >= 0.3 is 0 Å². The van der Waals surface area contributed by atoms with Gasteiger partial charge in [-0.25, -0.2) is 8.42 Å². The first-order valence-corrected chi connectivity index (χ1v) is 16.7. The first-order valence-electron chi connectivity index (χ1n) is 15.1. The molecule has 2 unspecified atom stereocenters. The number of benzene rings is 1. The fourth-order valence-electron chi connectivity index (χ4n) is 3.73. The number of aliphatic hydroxyl groups is 3. The van der Waals surface area contributed by atoms with Crippen LogP contribution in [0.25, 0.3) is 0 Å². The Balaban J connectivity index is -0.000000489.